The van der Waals surface area contributed by atoms with Crippen LogP contribution >= 0.6 is 0 Å². The molecule has 0 amide bonds. The van der Waals surface area contributed by atoms with Crippen molar-refractivity contribution in [1.29, 1.82) is 0 Å². The molecule has 0 spiro atoms. The molecule has 3 nitrogen and oxygen atoms in total. The van der Waals surface area contributed by atoms with E-state index in [1.165, 1.54) is 0 Å². The van der Waals surface area contributed by atoms with Crippen LogP contribution in [0.3, 0.4) is 0 Å². The van der Waals surface area contributed by atoms with Crippen LogP contribution in [0.2, 0.25) is 0 Å². The number of nitrogens with two attached hydrogens (primary N) is 1. The Bertz CT molecular complexity index is 503. The highest BCUT2D eigenvalue weighted by Gasteiger charge is 2.09. The van der Waals surface area contributed by atoms with Gasteiger partial charge in [-0.3, -0.25) is 0 Å². The zero-order valence-corrected chi connectivity index (χ0v) is 9.28. The molecular weight excluding hydrogens is 186 g/mol. The maximum Gasteiger partial charge on any atom is 0.152 e. The van der Waals surface area contributed by atoms with E-state index in [2.05, 4.69) is 4.98 Å². The minimum absolute atomic E-state index is 0.763. The fourth-order valence-corrected chi connectivity index (χ4v) is 1.72. The molecule has 78 valence electrons. The first-order valence-corrected chi connectivity index (χ1v) is 4.93. The fraction of sp³-hybridized carbons (Fsp3) is 0.250. The van der Waals surface area contributed by atoms with Gasteiger partial charge < -0.3 is 10.6 Å². The van der Waals surface area contributed by atoms with Gasteiger partial charge in [0, 0.05) is 19.5 Å². The Morgan fingerprint density at radius 3 is 2.53 bits per heavy atom. The number of aromatic nitrogens is 1. The van der Waals surface area contributed by atoms with Crippen molar-refractivity contribution in [2.75, 3.05) is 24.7 Å². The molecule has 0 atom stereocenters. The molecule has 0 unspecified atom stereocenters. The van der Waals surface area contributed by atoms with Gasteiger partial charge >= 0.3 is 0 Å². The molecule has 2 N–H and O–H groups in total. The summed E-state index contributed by atoms with van der Waals surface area (Å²) in [4.78, 5) is 6.48. The molecular formula is C12H15N3. The number of nitrogen functional groups attached to an aromatic ring is 1. The Balaban J connectivity index is 2.82. The molecule has 15 heavy (non-hydrogen) atoms. The predicted octanol–water partition coefficient (Wildman–Crippen LogP) is 2.19. The normalized spacial score (nSPS) is 10.6. The van der Waals surface area contributed by atoms with Crippen molar-refractivity contribution in [2.24, 2.45) is 0 Å². The number of para-hydroxylation sites is 1. The number of pyridine rings is 1. The summed E-state index contributed by atoms with van der Waals surface area (Å²) < 4.78 is 0. The summed E-state index contributed by atoms with van der Waals surface area (Å²) in [5.74, 6) is 0.839. The standard InChI is InChI=1S/C12H15N3/c1-8-9-6-4-5-7-10(9)14-12(11(8)13)15(2)3/h4-7H,13H2,1-3H3. The number of hydrogen-bond acceptors (Lipinski definition) is 3. The average molecular weight is 201 g/mol. The summed E-state index contributed by atoms with van der Waals surface area (Å²) in [7, 11) is 3.90. The first-order chi connectivity index (χ1) is 7.11. The highest BCUT2D eigenvalue weighted by Crippen LogP contribution is 2.28. The smallest absolute Gasteiger partial charge is 0.152 e. The number of nitrogens with zero attached hydrogens (tertiary/aromatic N) is 2. The first kappa shape index (κ1) is 9.77. The van der Waals surface area contributed by atoms with Gasteiger partial charge in [-0.05, 0) is 18.6 Å². The van der Waals surface area contributed by atoms with Gasteiger partial charge in [0.05, 0.1) is 11.2 Å². The average Bonchev–Trinajstić information content (AvgIpc) is 2.23. The van der Waals surface area contributed by atoms with Crippen LogP contribution in [0.15, 0.2) is 24.3 Å². The Hall–Kier alpha value is -1.77. The second kappa shape index (κ2) is 3.42. The van der Waals surface area contributed by atoms with Crippen molar-refractivity contribution in [3.8, 4) is 0 Å². The lowest BCUT2D eigenvalue weighted by Gasteiger charge is -2.17. The molecule has 0 bridgehead atoms. The molecule has 2 rings (SSSR count). The Morgan fingerprint density at radius 1 is 1.20 bits per heavy atom. The SMILES string of the molecule is Cc1c(N)c(N(C)C)nc2ccccc12. The van der Waals surface area contributed by atoms with Crippen molar-refractivity contribution in [1.82, 2.24) is 4.98 Å². The van der Waals surface area contributed by atoms with Crippen molar-refractivity contribution >= 4 is 22.4 Å². The molecule has 1 aromatic carbocycles. The lowest BCUT2D eigenvalue weighted by atomic mass is 10.1. The third kappa shape index (κ3) is 1.50. The van der Waals surface area contributed by atoms with Gasteiger partial charge in [-0.25, -0.2) is 4.98 Å². The molecule has 0 radical (unpaired) electrons. The maximum atomic E-state index is 6.05. The number of benzene rings is 1. The van der Waals surface area contributed by atoms with E-state index in [0.29, 0.717) is 0 Å². The number of rotatable bonds is 1. The minimum Gasteiger partial charge on any atom is -0.396 e. The van der Waals surface area contributed by atoms with Crippen LogP contribution in [0.5, 0.6) is 0 Å². The van der Waals surface area contributed by atoms with Gasteiger partial charge in [0.1, 0.15) is 0 Å². The maximum absolute atomic E-state index is 6.05. The highest BCUT2D eigenvalue weighted by atomic mass is 15.1. The number of fused-ring (bicyclic) bond motifs is 1. The van der Waals surface area contributed by atoms with Gasteiger partial charge in [0.2, 0.25) is 0 Å². The third-order valence-electron chi connectivity index (χ3n) is 2.60. The lowest BCUT2D eigenvalue weighted by Crippen LogP contribution is -2.14. The van der Waals surface area contributed by atoms with Crippen LogP contribution in [0.4, 0.5) is 11.5 Å². The molecule has 1 heterocycles. The molecule has 1 aromatic heterocycles. The Morgan fingerprint density at radius 2 is 1.87 bits per heavy atom. The molecule has 0 saturated heterocycles. The van der Waals surface area contributed by atoms with E-state index < -0.39 is 0 Å². The van der Waals surface area contributed by atoms with Gasteiger partial charge in [-0.1, -0.05) is 18.2 Å². The number of hydrogen-bond donors (Lipinski definition) is 1. The molecule has 0 aliphatic heterocycles. The predicted molar refractivity (Wildman–Crippen MR) is 65.2 cm³/mol. The van der Waals surface area contributed by atoms with Crippen LogP contribution < -0.4 is 10.6 Å². The van der Waals surface area contributed by atoms with Gasteiger partial charge in [0.25, 0.3) is 0 Å². The van der Waals surface area contributed by atoms with Crippen LogP contribution in [0.25, 0.3) is 10.9 Å². The molecule has 2 aromatic rings. The molecule has 0 aliphatic rings. The highest BCUT2D eigenvalue weighted by molar-refractivity contribution is 5.90. The molecule has 0 saturated carbocycles. The van der Waals surface area contributed by atoms with E-state index in [0.717, 1.165) is 28.0 Å². The topological polar surface area (TPSA) is 42.1 Å². The van der Waals surface area contributed by atoms with Gasteiger partial charge in [-0.15, -0.1) is 0 Å². The first-order valence-electron chi connectivity index (χ1n) is 4.93. The summed E-state index contributed by atoms with van der Waals surface area (Å²) in [6, 6.07) is 8.05. The van der Waals surface area contributed by atoms with Gasteiger partial charge in [-0.2, -0.15) is 0 Å². The zero-order valence-electron chi connectivity index (χ0n) is 9.28. The van der Waals surface area contributed by atoms with Crippen LogP contribution in [-0.4, -0.2) is 19.1 Å². The summed E-state index contributed by atoms with van der Waals surface area (Å²) in [5.41, 5.74) is 8.90. The third-order valence-corrected chi connectivity index (χ3v) is 2.60. The quantitative estimate of drug-likeness (QED) is 0.769. The van der Waals surface area contributed by atoms with E-state index in [1.807, 2.05) is 50.2 Å². The van der Waals surface area contributed by atoms with E-state index in [4.69, 9.17) is 5.73 Å². The van der Waals surface area contributed by atoms with Gasteiger partial charge in [0.15, 0.2) is 5.82 Å². The molecule has 3 heteroatoms. The summed E-state index contributed by atoms with van der Waals surface area (Å²) >= 11 is 0. The van der Waals surface area contributed by atoms with Crippen molar-refractivity contribution in [2.45, 2.75) is 6.92 Å². The van der Waals surface area contributed by atoms with E-state index in [1.54, 1.807) is 0 Å². The summed E-state index contributed by atoms with van der Waals surface area (Å²) in [6.07, 6.45) is 0. The van der Waals surface area contributed by atoms with Crippen LogP contribution in [0, 0.1) is 6.92 Å². The summed E-state index contributed by atoms with van der Waals surface area (Å²) in [5, 5.41) is 1.13. The van der Waals surface area contributed by atoms with E-state index >= 15 is 0 Å². The number of aryl methyl sites for hydroxylation is 1. The fourth-order valence-electron chi connectivity index (χ4n) is 1.72. The Kier molecular flexibility index (Phi) is 2.23. The summed E-state index contributed by atoms with van der Waals surface area (Å²) in [6.45, 7) is 2.03. The number of anilines is 2. The molecule has 0 aliphatic carbocycles. The minimum atomic E-state index is 0.763. The van der Waals surface area contributed by atoms with E-state index in [9.17, 15) is 0 Å². The monoisotopic (exact) mass is 201 g/mol. The van der Waals surface area contributed by atoms with Crippen molar-refractivity contribution in [3.05, 3.63) is 29.8 Å². The van der Waals surface area contributed by atoms with Crippen molar-refractivity contribution < 1.29 is 0 Å². The zero-order chi connectivity index (χ0) is 11.0. The van der Waals surface area contributed by atoms with E-state index in [-0.39, 0.29) is 0 Å². The Labute approximate surface area is 89.5 Å². The molecule has 0 fully saturated rings. The van der Waals surface area contributed by atoms with Crippen LogP contribution in [-0.2, 0) is 0 Å². The van der Waals surface area contributed by atoms with Crippen LogP contribution in [0.1, 0.15) is 5.56 Å². The lowest BCUT2D eigenvalue weighted by molar-refractivity contribution is 1.08. The largest absolute Gasteiger partial charge is 0.396 e. The van der Waals surface area contributed by atoms with Crippen molar-refractivity contribution in [3.63, 3.8) is 0 Å². The second-order valence-electron chi connectivity index (χ2n) is 3.89. The second-order valence-corrected chi connectivity index (χ2v) is 3.89.